The van der Waals surface area contributed by atoms with Crippen LogP contribution >= 0.6 is 0 Å². The minimum absolute atomic E-state index is 0.0249. The van der Waals surface area contributed by atoms with Crippen LogP contribution in [-0.2, 0) is 10.2 Å². The highest BCUT2D eigenvalue weighted by Crippen LogP contribution is 2.41. The molecule has 0 fully saturated rings. The van der Waals surface area contributed by atoms with Crippen LogP contribution in [-0.4, -0.2) is 23.7 Å². The van der Waals surface area contributed by atoms with Gasteiger partial charge in [0.1, 0.15) is 11.9 Å². The zero-order chi connectivity index (χ0) is 26.0. The number of carboxylic acid groups (broad SMARTS) is 1. The van der Waals surface area contributed by atoms with Crippen molar-refractivity contribution < 1.29 is 14.6 Å². The summed E-state index contributed by atoms with van der Waals surface area (Å²) in [6, 6.07) is 31.6. The lowest BCUT2D eigenvalue weighted by Crippen LogP contribution is -2.37. The van der Waals surface area contributed by atoms with E-state index in [9.17, 15) is 9.90 Å². The summed E-state index contributed by atoms with van der Waals surface area (Å²) in [5, 5.41) is 16.0. The van der Waals surface area contributed by atoms with Gasteiger partial charge in [0.05, 0.1) is 5.41 Å². The molecule has 4 aromatic rings. The Morgan fingerprint density at radius 2 is 1.70 bits per heavy atom. The smallest absolute Gasteiger partial charge is 0.313 e. The lowest BCUT2D eigenvalue weighted by atomic mass is 9.78. The molecule has 0 amide bonds. The van der Waals surface area contributed by atoms with E-state index in [1.807, 2.05) is 25.1 Å². The van der Waals surface area contributed by atoms with Gasteiger partial charge in [0, 0.05) is 24.1 Å². The first-order chi connectivity index (χ1) is 17.9. The number of fused-ring (bicyclic) bond motifs is 2. The summed E-state index contributed by atoms with van der Waals surface area (Å²) in [5.74, 6) is 0.332. The van der Waals surface area contributed by atoms with Crippen LogP contribution in [0.1, 0.15) is 67.8 Å². The maximum atomic E-state index is 11.9. The van der Waals surface area contributed by atoms with Crippen LogP contribution in [0.5, 0.6) is 5.75 Å². The van der Waals surface area contributed by atoms with Crippen molar-refractivity contribution in [3.63, 3.8) is 0 Å². The predicted molar refractivity (Wildman–Crippen MR) is 149 cm³/mol. The van der Waals surface area contributed by atoms with Crippen LogP contribution in [0.15, 0.2) is 91.0 Å². The molecule has 1 aliphatic rings. The molecule has 0 aliphatic carbocycles. The Hall–Kier alpha value is -3.63. The molecule has 5 rings (SSSR count). The van der Waals surface area contributed by atoms with Gasteiger partial charge in [0.15, 0.2) is 0 Å². The van der Waals surface area contributed by atoms with E-state index in [4.69, 9.17) is 4.74 Å². The number of carbonyl (C=O) groups is 1. The van der Waals surface area contributed by atoms with Gasteiger partial charge in [-0.2, -0.15) is 0 Å². The van der Waals surface area contributed by atoms with Gasteiger partial charge in [-0.1, -0.05) is 91.9 Å². The lowest BCUT2D eigenvalue weighted by Gasteiger charge is -2.34. The Bertz CT molecular complexity index is 1390. The summed E-state index contributed by atoms with van der Waals surface area (Å²) >= 11 is 0. The average molecular weight is 494 g/mol. The SMILES string of the molecule is CCC(C)(C(=O)O)c1ccc([C@@H]2C[C@H](CN[C@H](C)c3cccc4ccccc34)Oc3ccccc32)cc1. The second-order valence-corrected chi connectivity index (χ2v) is 10.4. The van der Waals surface area contributed by atoms with Gasteiger partial charge >= 0.3 is 5.97 Å². The average Bonchev–Trinajstić information content (AvgIpc) is 2.94. The highest BCUT2D eigenvalue weighted by Gasteiger charge is 2.34. The zero-order valence-electron chi connectivity index (χ0n) is 21.8. The number of para-hydroxylation sites is 1. The molecule has 1 aliphatic heterocycles. The van der Waals surface area contributed by atoms with E-state index in [1.54, 1.807) is 6.92 Å². The van der Waals surface area contributed by atoms with Crippen molar-refractivity contribution in [2.24, 2.45) is 0 Å². The summed E-state index contributed by atoms with van der Waals surface area (Å²) in [4.78, 5) is 11.9. The second-order valence-electron chi connectivity index (χ2n) is 10.4. The molecule has 4 aromatic carbocycles. The minimum Gasteiger partial charge on any atom is -0.489 e. The van der Waals surface area contributed by atoms with E-state index in [-0.39, 0.29) is 18.1 Å². The van der Waals surface area contributed by atoms with Crippen molar-refractivity contribution in [1.82, 2.24) is 5.32 Å². The van der Waals surface area contributed by atoms with E-state index in [0.717, 1.165) is 24.3 Å². The van der Waals surface area contributed by atoms with E-state index in [1.165, 1.54) is 27.5 Å². The number of rotatable bonds is 8. The molecular formula is C33H35NO3. The van der Waals surface area contributed by atoms with Crippen molar-refractivity contribution >= 4 is 16.7 Å². The van der Waals surface area contributed by atoms with Gasteiger partial charge in [0.2, 0.25) is 0 Å². The first-order valence-electron chi connectivity index (χ1n) is 13.2. The molecule has 0 radical (unpaired) electrons. The number of benzene rings is 4. The summed E-state index contributed by atoms with van der Waals surface area (Å²) in [6.45, 7) is 6.67. The highest BCUT2D eigenvalue weighted by atomic mass is 16.5. The normalized spacial score (nSPS) is 19.4. The number of hydrogen-bond donors (Lipinski definition) is 2. The number of carboxylic acids is 1. The molecule has 190 valence electrons. The van der Waals surface area contributed by atoms with Gasteiger partial charge in [-0.15, -0.1) is 0 Å². The Labute approximate surface area is 219 Å². The van der Waals surface area contributed by atoms with Crippen LogP contribution in [0.3, 0.4) is 0 Å². The molecular weight excluding hydrogens is 458 g/mol. The fourth-order valence-electron chi connectivity index (χ4n) is 5.54. The van der Waals surface area contributed by atoms with E-state index in [0.29, 0.717) is 6.42 Å². The molecule has 4 heteroatoms. The maximum absolute atomic E-state index is 11.9. The van der Waals surface area contributed by atoms with E-state index in [2.05, 4.69) is 85.0 Å². The van der Waals surface area contributed by atoms with Crippen molar-refractivity contribution in [3.8, 4) is 5.75 Å². The van der Waals surface area contributed by atoms with E-state index < -0.39 is 11.4 Å². The first-order valence-corrected chi connectivity index (χ1v) is 13.2. The van der Waals surface area contributed by atoms with Crippen LogP contribution in [0.4, 0.5) is 0 Å². The minimum atomic E-state index is -0.879. The Morgan fingerprint density at radius 1 is 1.00 bits per heavy atom. The van der Waals surface area contributed by atoms with Crippen LogP contribution < -0.4 is 10.1 Å². The summed E-state index contributed by atoms with van der Waals surface area (Å²) in [7, 11) is 0. The standard InChI is InChI=1S/C33H35NO3/c1-4-33(3,32(35)36)25-18-16-24(17-19-25)30-20-26(37-31-15-8-7-13-29(30)31)21-34-22(2)27-14-9-11-23-10-5-6-12-28(23)27/h5-19,22,26,30,34H,4,20-21H2,1-3H3,(H,35,36)/t22-,26-,30+,33?/m1/s1. The van der Waals surface area contributed by atoms with Gasteiger partial charge < -0.3 is 15.2 Å². The van der Waals surface area contributed by atoms with Gasteiger partial charge in [-0.3, -0.25) is 4.79 Å². The molecule has 0 bridgehead atoms. The van der Waals surface area contributed by atoms with Crippen LogP contribution in [0.2, 0.25) is 0 Å². The van der Waals surface area contributed by atoms with Crippen molar-refractivity contribution in [1.29, 1.82) is 0 Å². The van der Waals surface area contributed by atoms with Gasteiger partial charge in [-0.25, -0.2) is 0 Å². The van der Waals surface area contributed by atoms with Crippen molar-refractivity contribution in [2.45, 2.75) is 57.1 Å². The van der Waals surface area contributed by atoms with Gasteiger partial charge in [0.25, 0.3) is 0 Å². The number of aliphatic carboxylic acids is 1. The van der Waals surface area contributed by atoms with Crippen LogP contribution in [0.25, 0.3) is 10.8 Å². The third-order valence-corrected chi connectivity index (χ3v) is 8.16. The molecule has 0 saturated carbocycles. The Kier molecular flexibility index (Phi) is 7.03. The zero-order valence-corrected chi connectivity index (χ0v) is 21.8. The second kappa shape index (κ2) is 10.4. The third kappa shape index (κ3) is 4.86. The predicted octanol–water partition coefficient (Wildman–Crippen LogP) is 7.23. The summed E-state index contributed by atoms with van der Waals surface area (Å²) < 4.78 is 6.44. The van der Waals surface area contributed by atoms with Gasteiger partial charge in [-0.05, 0) is 60.2 Å². The monoisotopic (exact) mass is 493 g/mol. The fourth-order valence-corrected chi connectivity index (χ4v) is 5.54. The topological polar surface area (TPSA) is 58.6 Å². The largest absolute Gasteiger partial charge is 0.489 e. The molecule has 0 spiro atoms. The Morgan fingerprint density at radius 3 is 2.46 bits per heavy atom. The molecule has 2 N–H and O–H groups in total. The number of ether oxygens (including phenoxy) is 1. The molecule has 1 heterocycles. The number of nitrogens with one attached hydrogen (secondary N) is 1. The fraction of sp³-hybridized carbons (Fsp3) is 0.303. The molecule has 1 unspecified atom stereocenters. The molecule has 0 aromatic heterocycles. The molecule has 4 nitrogen and oxygen atoms in total. The third-order valence-electron chi connectivity index (χ3n) is 8.16. The summed E-state index contributed by atoms with van der Waals surface area (Å²) in [6.07, 6.45) is 1.43. The first kappa shape index (κ1) is 25.0. The number of hydrogen-bond acceptors (Lipinski definition) is 3. The maximum Gasteiger partial charge on any atom is 0.313 e. The quantitative estimate of drug-likeness (QED) is 0.272. The molecule has 37 heavy (non-hydrogen) atoms. The highest BCUT2D eigenvalue weighted by molar-refractivity contribution is 5.86. The van der Waals surface area contributed by atoms with E-state index >= 15 is 0 Å². The lowest BCUT2D eigenvalue weighted by molar-refractivity contribution is -0.143. The Balaban J connectivity index is 1.36. The van der Waals surface area contributed by atoms with Crippen LogP contribution in [0, 0.1) is 0 Å². The van der Waals surface area contributed by atoms with Crippen molar-refractivity contribution in [3.05, 3.63) is 113 Å². The molecule has 4 atom stereocenters. The van der Waals surface area contributed by atoms with Crippen molar-refractivity contribution in [2.75, 3.05) is 6.54 Å². The summed E-state index contributed by atoms with van der Waals surface area (Å²) in [5.41, 5.74) is 3.63. The molecule has 0 saturated heterocycles.